The van der Waals surface area contributed by atoms with E-state index in [2.05, 4.69) is 25.8 Å². The lowest BCUT2D eigenvalue weighted by atomic mass is 10.2. The largest absolute Gasteiger partial charge is 0.379 e. The molecule has 2 aromatic carbocycles. The molecule has 0 bridgehead atoms. The molecule has 0 aliphatic carbocycles. The molecule has 1 aliphatic rings. The normalized spacial score (nSPS) is 14.7. The van der Waals surface area contributed by atoms with Crippen LogP contribution in [0.25, 0.3) is 10.2 Å². The number of nitrogens with zero attached hydrogens (tertiary/aromatic N) is 4. The molecule has 0 N–H and O–H groups in total. The Balaban J connectivity index is 1.62. The minimum absolute atomic E-state index is 0.0451. The van der Waals surface area contributed by atoms with Gasteiger partial charge in [0.05, 0.1) is 28.4 Å². The van der Waals surface area contributed by atoms with E-state index < -0.39 is 4.92 Å². The summed E-state index contributed by atoms with van der Waals surface area (Å²) in [7, 11) is 0. The average Bonchev–Trinajstić information content (AvgIpc) is 3.17. The summed E-state index contributed by atoms with van der Waals surface area (Å²) < 4.78 is 7.33. The Morgan fingerprint density at radius 2 is 1.97 bits per heavy atom. The minimum Gasteiger partial charge on any atom is -0.379 e. The first-order chi connectivity index (χ1) is 14.5. The van der Waals surface area contributed by atoms with Crippen molar-refractivity contribution in [2.24, 2.45) is 0 Å². The number of benzene rings is 2. The van der Waals surface area contributed by atoms with Crippen LogP contribution >= 0.6 is 27.3 Å². The highest BCUT2D eigenvalue weighted by Gasteiger charge is 2.23. The van der Waals surface area contributed by atoms with Crippen molar-refractivity contribution in [2.45, 2.75) is 0 Å². The van der Waals surface area contributed by atoms with E-state index in [1.165, 1.54) is 35.6 Å². The van der Waals surface area contributed by atoms with Crippen LogP contribution in [0.3, 0.4) is 0 Å². The van der Waals surface area contributed by atoms with Crippen LogP contribution in [0.1, 0.15) is 10.4 Å². The van der Waals surface area contributed by atoms with Gasteiger partial charge in [0.1, 0.15) is 0 Å². The summed E-state index contributed by atoms with van der Waals surface area (Å²) in [6.45, 7) is 4.19. The Hall–Kier alpha value is -2.40. The molecule has 10 heteroatoms. The molecule has 1 amide bonds. The number of carbonyl (C=O) groups is 1. The average molecular weight is 491 g/mol. The zero-order valence-electron chi connectivity index (χ0n) is 16.0. The zero-order valence-corrected chi connectivity index (χ0v) is 18.4. The molecule has 0 spiro atoms. The summed E-state index contributed by atoms with van der Waals surface area (Å²) in [4.78, 5) is 32.3. The number of fused-ring (bicyclic) bond motifs is 1. The van der Waals surface area contributed by atoms with Crippen LogP contribution < -0.4 is 4.90 Å². The number of carbonyl (C=O) groups excluding carboxylic acids is 1. The zero-order chi connectivity index (χ0) is 21.1. The van der Waals surface area contributed by atoms with Crippen molar-refractivity contribution in [1.82, 2.24) is 9.88 Å². The lowest BCUT2D eigenvalue weighted by molar-refractivity contribution is -0.384. The Morgan fingerprint density at radius 1 is 1.23 bits per heavy atom. The SMILES string of the molecule is O=C(c1ccc([N+](=O)[O-])cc1)N(CCN1CCOCC1)c1nc2ccc(Br)cc2s1. The quantitative estimate of drug-likeness (QED) is 0.383. The van der Waals surface area contributed by atoms with Crippen LogP contribution in [0.4, 0.5) is 10.8 Å². The number of rotatable bonds is 6. The number of anilines is 1. The van der Waals surface area contributed by atoms with Gasteiger partial charge in [-0.3, -0.25) is 24.7 Å². The lowest BCUT2D eigenvalue weighted by Gasteiger charge is -2.29. The fraction of sp³-hybridized carbons (Fsp3) is 0.300. The van der Waals surface area contributed by atoms with Crippen LogP contribution in [-0.4, -0.2) is 60.1 Å². The summed E-state index contributed by atoms with van der Waals surface area (Å²) in [5.74, 6) is -0.226. The van der Waals surface area contributed by atoms with Gasteiger partial charge in [-0.05, 0) is 30.3 Å². The van der Waals surface area contributed by atoms with E-state index >= 15 is 0 Å². The maximum atomic E-state index is 13.3. The summed E-state index contributed by atoms with van der Waals surface area (Å²) in [5.41, 5.74) is 1.17. The van der Waals surface area contributed by atoms with Crippen LogP contribution in [0.5, 0.6) is 0 Å². The molecule has 8 nitrogen and oxygen atoms in total. The van der Waals surface area contributed by atoms with Gasteiger partial charge in [-0.25, -0.2) is 4.98 Å². The highest BCUT2D eigenvalue weighted by Crippen LogP contribution is 2.31. The number of ether oxygens (including phenoxy) is 1. The first kappa shape index (κ1) is 20.9. The van der Waals surface area contributed by atoms with E-state index in [4.69, 9.17) is 4.74 Å². The van der Waals surface area contributed by atoms with Gasteiger partial charge in [0.2, 0.25) is 0 Å². The second-order valence-corrected chi connectivity index (χ2v) is 8.75. The number of hydrogen-bond donors (Lipinski definition) is 0. The third-order valence-corrected chi connectivity index (χ3v) is 6.42. The number of nitro groups is 1. The molecule has 0 unspecified atom stereocenters. The smallest absolute Gasteiger partial charge is 0.269 e. The number of amides is 1. The predicted octanol–water partition coefficient (Wildman–Crippen LogP) is 3.95. The Bertz CT molecular complexity index is 1070. The number of thiazole rings is 1. The van der Waals surface area contributed by atoms with E-state index in [-0.39, 0.29) is 11.6 Å². The molecular formula is C20H19BrN4O4S. The molecule has 2 heterocycles. The van der Waals surface area contributed by atoms with Gasteiger partial charge in [0, 0.05) is 48.3 Å². The van der Waals surface area contributed by atoms with Crippen LogP contribution in [0, 0.1) is 10.1 Å². The molecule has 4 rings (SSSR count). The van der Waals surface area contributed by atoms with E-state index in [0.29, 0.717) is 37.0 Å². The molecule has 0 saturated carbocycles. The highest BCUT2D eigenvalue weighted by molar-refractivity contribution is 9.10. The van der Waals surface area contributed by atoms with Gasteiger partial charge < -0.3 is 4.74 Å². The number of nitro benzene ring substituents is 1. The van der Waals surface area contributed by atoms with Crippen LogP contribution in [0.2, 0.25) is 0 Å². The fourth-order valence-electron chi connectivity index (χ4n) is 3.23. The third kappa shape index (κ3) is 4.67. The Kier molecular flexibility index (Phi) is 6.38. The standard InChI is InChI=1S/C20H19BrN4O4S/c21-15-3-6-17-18(13-15)30-20(22-17)24(8-7-23-9-11-29-12-10-23)19(26)14-1-4-16(5-2-14)25(27)28/h1-6,13H,7-12H2. The van der Waals surface area contributed by atoms with Crippen molar-refractivity contribution in [3.8, 4) is 0 Å². The van der Waals surface area contributed by atoms with Crippen LogP contribution in [-0.2, 0) is 4.74 Å². The molecule has 30 heavy (non-hydrogen) atoms. The number of halogens is 1. The van der Waals surface area contributed by atoms with Crippen molar-refractivity contribution < 1.29 is 14.5 Å². The molecule has 156 valence electrons. The van der Waals surface area contributed by atoms with Gasteiger partial charge in [-0.1, -0.05) is 27.3 Å². The van der Waals surface area contributed by atoms with Gasteiger partial charge in [-0.15, -0.1) is 0 Å². The first-order valence-electron chi connectivity index (χ1n) is 9.44. The second kappa shape index (κ2) is 9.17. The maximum absolute atomic E-state index is 13.3. The van der Waals surface area contributed by atoms with E-state index in [1.807, 2.05) is 18.2 Å². The first-order valence-corrected chi connectivity index (χ1v) is 11.0. The monoisotopic (exact) mass is 490 g/mol. The van der Waals surface area contributed by atoms with Crippen molar-refractivity contribution in [3.05, 3.63) is 62.6 Å². The van der Waals surface area contributed by atoms with Gasteiger partial charge in [-0.2, -0.15) is 0 Å². The minimum atomic E-state index is -0.476. The summed E-state index contributed by atoms with van der Waals surface area (Å²) >= 11 is 4.92. The Morgan fingerprint density at radius 3 is 2.67 bits per heavy atom. The van der Waals surface area contributed by atoms with Crippen LogP contribution in [0.15, 0.2) is 46.9 Å². The summed E-state index contributed by atoms with van der Waals surface area (Å²) in [6.07, 6.45) is 0. The van der Waals surface area contributed by atoms with E-state index in [1.54, 1.807) is 4.90 Å². The van der Waals surface area contributed by atoms with Crippen molar-refractivity contribution in [1.29, 1.82) is 0 Å². The van der Waals surface area contributed by atoms with Gasteiger partial charge in [0.25, 0.3) is 11.6 Å². The van der Waals surface area contributed by atoms with Crippen molar-refractivity contribution in [2.75, 3.05) is 44.3 Å². The van der Waals surface area contributed by atoms with Gasteiger partial charge >= 0.3 is 0 Å². The van der Waals surface area contributed by atoms with Gasteiger partial charge in [0.15, 0.2) is 5.13 Å². The number of non-ortho nitro benzene ring substituents is 1. The molecule has 1 fully saturated rings. The van der Waals surface area contributed by atoms with E-state index in [0.717, 1.165) is 27.8 Å². The molecule has 1 saturated heterocycles. The molecular weight excluding hydrogens is 472 g/mol. The topological polar surface area (TPSA) is 88.8 Å². The maximum Gasteiger partial charge on any atom is 0.269 e. The molecule has 0 atom stereocenters. The third-order valence-electron chi connectivity index (χ3n) is 4.88. The predicted molar refractivity (Wildman–Crippen MR) is 119 cm³/mol. The number of aromatic nitrogens is 1. The summed E-state index contributed by atoms with van der Waals surface area (Å²) in [6, 6.07) is 11.5. The summed E-state index contributed by atoms with van der Waals surface area (Å²) in [5, 5.41) is 11.5. The fourth-order valence-corrected chi connectivity index (χ4v) is 4.78. The lowest BCUT2D eigenvalue weighted by Crippen LogP contribution is -2.43. The molecule has 1 aliphatic heterocycles. The van der Waals surface area contributed by atoms with E-state index in [9.17, 15) is 14.9 Å². The van der Waals surface area contributed by atoms with Crippen molar-refractivity contribution in [3.63, 3.8) is 0 Å². The molecule has 0 radical (unpaired) electrons. The molecule has 1 aromatic heterocycles. The number of hydrogen-bond acceptors (Lipinski definition) is 7. The highest BCUT2D eigenvalue weighted by atomic mass is 79.9. The molecule has 3 aromatic rings. The Labute approximate surface area is 185 Å². The second-order valence-electron chi connectivity index (χ2n) is 6.82. The van der Waals surface area contributed by atoms with Crippen molar-refractivity contribution >= 4 is 54.2 Å². The number of morpholine rings is 1.